The fraction of sp³-hybridized carbons (Fsp3) is 0.500. The summed E-state index contributed by atoms with van der Waals surface area (Å²) >= 11 is 0. The average Bonchev–Trinajstić information content (AvgIpc) is 2.34. The van der Waals surface area contributed by atoms with E-state index in [1.807, 2.05) is 31.2 Å². The molecule has 116 valence electrons. The van der Waals surface area contributed by atoms with Gasteiger partial charge in [-0.15, -0.1) is 0 Å². The van der Waals surface area contributed by atoms with E-state index in [2.05, 4.69) is 0 Å². The largest absolute Gasteiger partial charge is 0.481 e. The number of carbonyl (C=O) groups excluding carboxylic acids is 1. The summed E-state index contributed by atoms with van der Waals surface area (Å²) in [5.41, 5.74) is 1.47. The number of carbonyl (C=O) groups is 2. The van der Waals surface area contributed by atoms with Crippen molar-refractivity contribution < 1.29 is 19.4 Å². The van der Waals surface area contributed by atoms with E-state index in [1.165, 1.54) is 4.90 Å². The molecule has 0 saturated carbocycles. The van der Waals surface area contributed by atoms with Crippen molar-refractivity contribution in [3.8, 4) is 0 Å². The molecule has 0 aliphatic rings. The molecule has 1 aromatic carbocycles. The number of benzene rings is 1. The lowest BCUT2D eigenvalue weighted by molar-refractivity contribution is -0.137. The van der Waals surface area contributed by atoms with Crippen molar-refractivity contribution >= 4 is 12.1 Å². The van der Waals surface area contributed by atoms with Crippen molar-refractivity contribution in [2.45, 2.75) is 46.3 Å². The van der Waals surface area contributed by atoms with Gasteiger partial charge in [-0.1, -0.05) is 29.8 Å². The standard InChI is InChI=1S/C16H23NO4/c1-12-5-7-13(8-6-12)11-17(10-9-14(18)19)15(20)21-16(2,3)4/h5-8H,9-11H2,1-4H3,(H,18,19). The molecular weight excluding hydrogens is 270 g/mol. The molecule has 0 heterocycles. The van der Waals surface area contributed by atoms with E-state index >= 15 is 0 Å². The Morgan fingerprint density at radius 2 is 1.76 bits per heavy atom. The highest BCUT2D eigenvalue weighted by molar-refractivity contribution is 5.71. The predicted molar refractivity (Wildman–Crippen MR) is 80.1 cm³/mol. The minimum absolute atomic E-state index is 0.106. The highest BCUT2D eigenvalue weighted by Gasteiger charge is 2.22. The van der Waals surface area contributed by atoms with E-state index in [1.54, 1.807) is 20.8 Å². The number of nitrogens with zero attached hydrogens (tertiary/aromatic N) is 1. The van der Waals surface area contributed by atoms with Crippen LogP contribution in [0.2, 0.25) is 0 Å². The van der Waals surface area contributed by atoms with Gasteiger partial charge in [-0.25, -0.2) is 4.79 Å². The molecule has 5 nitrogen and oxygen atoms in total. The van der Waals surface area contributed by atoms with Crippen molar-refractivity contribution in [3.05, 3.63) is 35.4 Å². The van der Waals surface area contributed by atoms with Gasteiger partial charge in [-0.2, -0.15) is 0 Å². The number of hydrogen-bond donors (Lipinski definition) is 1. The molecule has 0 fully saturated rings. The summed E-state index contributed by atoms with van der Waals surface area (Å²) in [7, 11) is 0. The number of aliphatic carboxylic acids is 1. The Labute approximate surface area is 125 Å². The minimum Gasteiger partial charge on any atom is -0.481 e. The smallest absolute Gasteiger partial charge is 0.410 e. The van der Waals surface area contributed by atoms with Gasteiger partial charge in [0, 0.05) is 13.1 Å². The predicted octanol–water partition coefficient (Wildman–Crippen LogP) is 3.21. The molecule has 0 bridgehead atoms. The summed E-state index contributed by atoms with van der Waals surface area (Å²) in [5, 5.41) is 8.80. The number of ether oxygens (including phenoxy) is 1. The Hall–Kier alpha value is -2.04. The Morgan fingerprint density at radius 3 is 2.24 bits per heavy atom. The molecule has 1 N–H and O–H groups in total. The summed E-state index contributed by atoms with van der Waals surface area (Å²) in [6.07, 6.45) is -0.602. The number of amides is 1. The Bertz CT molecular complexity index is 488. The van der Waals surface area contributed by atoms with Gasteiger partial charge in [0.25, 0.3) is 0 Å². The highest BCUT2D eigenvalue weighted by atomic mass is 16.6. The number of carboxylic acids is 1. The van der Waals surface area contributed by atoms with Gasteiger partial charge in [0.1, 0.15) is 5.60 Å². The fourth-order valence-electron chi connectivity index (χ4n) is 1.71. The van der Waals surface area contributed by atoms with Crippen LogP contribution < -0.4 is 0 Å². The lowest BCUT2D eigenvalue weighted by Gasteiger charge is -2.27. The molecule has 0 aromatic heterocycles. The number of aryl methyl sites for hydroxylation is 1. The maximum atomic E-state index is 12.2. The van der Waals surface area contributed by atoms with Gasteiger partial charge in [-0.3, -0.25) is 4.79 Å². The van der Waals surface area contributed by atoms with E-state index in [4.69, 9.17) is 9.84 Å². The zero-order valence-corrected chi connectivity index (χ0v) is 13.0. The number of rotatable bonds is 5. The summed E-state index contributed by atoms with van der Waals surface area (Å²) in [5.74, 6) is -0.938. The summed E-state index contributed by atoms with van der Waals surface area (Å²) in [6.45, 7) is 7.80. The van der Waals surface area contributed by atoms with Crippen LogP contribution in [-0.2, 0) is 16.1 Å². The molecule has 0 atom stereocenters. The first-order chi connectivity index (χ1) is 9.67. The molecule has 1 aromatic rings. The quantitative estimate of drug-likeness (QED) is 0.905. The molecule has 1 amide bonds. The molecule has 0 aliphatic heterocycles. The monoisotopic (exact) mass is 293 g/mol. The first kappa shape index (κ1) is 17.0. The second kappa shape index (κ2) is 7.11. The first-order valence-electron chi connectivity index (χ1n) is 6.92. The zero-order valence-electron chi connectivity index (χ0n) is 13.0. The lowest BCUT2D eigenvalue weighted by atomic mass is 10.1. The Balaban J connectivity index is 2.78. The minimum atomic E-state index is -0.938. The van der Waals surface area contributed by atoms with Crippen LogP contribution in [0.15, 0.2) is 24.3 Å². The Kier molecular flexibility index (Phi) is 5.76. The molecule has 0 radical (unpaired) electrons. The molecular formula is C16H23NO4. The molecule has 0 spiro atoms. The molecule has 0 aliphatic carbocycles. The number of hydrogen-bond acceptors (Lipinski definition) is 3. The van der Waals surface area contributed by atoms with Crippen LogP contribution in [-0.4, -0.2) is 34.2 Å². The van der Waals surface area contributed by atoms with Crippen LogP contribution >= 0.6 is 0 Å². The number of carboxylic acid groups (broad SMARTS) is 1. The lowest BCUT2D eigenvalue weighted by Crippen LogP contribution is -2.37. The van der Waals surface area contributed by atoms with Gasteiger partial charge in [0.2, 0.25) is 0 Å². The molecule has 21 heavy (non-hydrogen) atoms. The van der Waals surface area contributed by atoms with Crippen molar-refractivity contribution in [1.82, 2.24) is 4.90 Å². The first-order valence-corrected chi connectivity index (χ1v) is 6.92. The van der Waals surface area contributed by atoms with Gasteiger partial charge >= 0.3 is 12.1 Å². The van der Waals surface area contributed by atoms with Gasteiger partial charge in [-0.05, 0) is 33.3 Å². The third-order valence-electron chi connectivity index (χ3n) is 2.74. The van der Waals surface area contributed by atoms with Crippen LogP contribution in [0.3, 0.4) is 0 Å². The van der Waals surface area contributed by atoms with E-state index in [9.17, 15) is 9.59 Å². The van der Waals surface area contributed by atoms with Gasteiger partial charge in [0.05, 0.1) is 6.42 Å². The highest BCUT2D eigenvalue weighted by Crippen LogP contribution is 2.13. The molecule has 1 rings (SSSR count). The van der Waals surface area contributed by atoms with Crippen LogP contribution in [0.4, 0.5) is 4.79 Å². The summed E-state index contributed by atoms with van der Waals surface area (Å²) in [4.78, 5) is 24.3. The van der Waals surface area contributed by atoms with Gasteiger partial charge in [0.15, 0.2) is 0 Å². The van der Waals surface area contributed by atoms with Crippen molar-refractivity contribution in [1.29, 1.82) is 0 Å². The van der Waals surface area contributed by atoms with Crippen molar-refractivity contribution in [3.63, 3.8) is 0 Å². The van der Waals surface area contributed by atoms with Gasteiger partial charge < -0.3 is 14.7 Å². The maximum absolute atomic E-state index is 12.2. The third kappa shape index (κ3) is 6.79. The third-order valence-corrected chi connectivity index (χ3v) is 2.74. The van der Waals surface area contributed by atoms with E-state index in [0.29, 0.717) is 6.54 Å². The van der Waals surface area contributed by atoms with Crippen LogP contribution in [0.5, 0.6) is 0 Å². The summed E-state index contributed by atoms with van der Waals surface area (Å²) < 4.78 is 5.32. The van der Waals surface area contributed by atoms with Crippen LogP contribution in [0.1, 0.15) is 38.3 Å². The van der Waals surface area contributed by atoms with Crippen molar-refractivity contribution in [2.24, 2.45) is 0 Å². The topological polar surface area (TPSA) is 66.8 Å². The second-order valence-corrected chi connectivity index (χ2v) is 6.03. The van der Waals surface area contributed by atoms with E-state index in [-0.39, 0.29) is 13.0 Å². The van der Waals surface area contributed by atoms with E-state index < -0.39 is 17.7 Å². The summed E-state index contributed by atoms with van der Waals surface area (Å²) in [6, 6.07) is 7.76. The second-order valence-electron chi connectivity index (χ2n) is 6.03. The van der Waals surface area contributed by atoms with Crippen LogP contribution in [0, 0.1) is 6.92 Å². The molecule has 0 saturated heterocycles. The Morgan fingerprint density at radius 1 is 1.19 bits per heavy atom. The molecule has 5 heteroatoms. The van der Waals surface area contributed by atoms with Crippen LogP contribution in [0.25, 0.3) is 0 Å². The van der Waals surface area contributed by atoms with Crippen molar-refractivity contribution in [2.75, 3.05) is 6.54 Å². The fourth-order valence-corrected chi connectivity index (χ4v) is 1.71. The average molecular weight is 293 g/mol. The maximum Gasteiger partial charge on any atom is 0.410 e. The zero-order chi connectivity index (χ0) is 16.0. The normalized spacial score (nSPS) is 11.0. The molecule has 0 unspecified atom stereocenters. The SMILES string of the molecule is Cc1ccc(CN(CCC(=O)O)C(=O)OC(C)(C)C)cc1. The van der Waals surface area contributed by atoms with E-state index in [0.717, 1.165) is 11.1 Å².